The second-order valence-corrected chi connectivity index (χ2v) is 8.55. The van der Waals surface area contributed by atoms with E-state index in [9.17, 15) is 13.2 Å². The van der Waals surface area contributed by atoms with Crippen LogP contribution in [0, 0.1) is 0 Å². The molecular formula is C19H20N4O3S. The van der Waals surface area contributed by atoms with Gasteiger partial charge in [0.15, 0.2) is 5.03 Å². The molecule has 1 amide bonds. The minimum atomic E-state index is -3.60. The first kappa shape index (κ1) is 17.8. The van der Waals surface area contributed by atoms with Crippen LogP contribution < -0.4 is 5.32 Å². The number of nitrogens with zero attached hydrogens (tertiary/aromatic N) is 3. The van der Waals surface area contributed by atoms with E-state index in [-0.39, 0.29) is 23.5 Å². The van der Waals surface area contributed by atoms with Gasteiger partial charge >= 0.3 is 0 Å². The Labute approximate surface area is 158 Å². The van der Waals surface area contributed by atoms with Crippen molar-refractivity contribution in [3.63, 3.8) is 0 Å². The minimum Gasteiger partial charge on any atom is -0.348 e. The van der Waals surface area contributed by atoms with Crippen molar-refractivity contribution >= 4 is 21.5 Å². The van der Waals surface area contributed by atoms with Crippen LogP contribution in [0.2, 0.25) is 0 Å². The first-order valence-electron chi connectivity index (χ1n) is 8.92. The predicted octanol–water partition coefficient (Wildman–Crippen LogP) is 1.85. The van der Waals surface area contributed by atoms with Crippen molar-refractivity contribution in [2.45, 2.75) is 30.3 Å². The number of aromatic nitrogens is 2. The molecule has 0 radical (unpaired) electrons. The van der Waals surface area contributed by atoms with Crippen molar-refractivity contribution < 1.29 is 13.2 Å². The molecule has 3 heterocycles. The second kappa shape index (κ2) is 7.21. The number of carbonyl (C=O) groups excluding carboxylic acids is 1. The summed E-state index contributed by atoms with van der Waals surface area (Å²) in [7, 11) is -3.60. The van der Waals surface area contributed by atoms with Gasteiger partial charge in [-0.15, -0.1) is 0 Å². The highest BCUT2D eigenvalue weighted by Gasteiger charge is 2.28. The molecule has 1 N–H and O–H groups in total. The normalized spacial score (nSPS) is 18.0. The van der Waals surface area contributed by atoms with E-state index >= 15 is 0 Å². The van der Waals surface area contributed by atoms with Crippen molar-refractivity contribution in [3.05, 3.63) is 60.1 Å². The Kier molecular flexibility index (Phi) is 4.75. The van der Waals surface area contributed by atoms with Gasteiger partial charge in [0.05, 0.1) is 5.69 Å². The summed E-state index contributed by atoms with van der Waals surface area (Å²) in [6.45, 7) is 0.610. The van der Waals surface area contributed by atoms with Gasteiger partial charge in [0.2, 0.25) is 0 Å². The highest BCUT2D eigenvalue weighted by Crippen LogP contribution is 2.25. The molecule has 1 fully saturated rings. The molecule has 1 saturated carbocycles. The molecule has 0 unspecified atom stereocenters. The van der Waals surface area contributed by atoms with E-state index in [0.717, 1.165) is 18.4 Å². The van der Waals surface area contributed by atoms with E-state index in [1.54, 1.807) is 18.2 Å². The third kappa shape index (κ3) is 3.91. The Balaban J connectivity index is 1.50. The molecule has 140 valence electrons. The lowest BCUT2D eigenvalue weighted by Gasteiger charge is -2.25. The lowest BCUT2D eigenvalue weighted by molar-refractivity contribution is 0.0946. The first-order valence-corrected chi connectivity index (χ1v) is 10.4. The van der Waals surface area contributed by atoms with E-state index in [1.165, 1.54) is 16.6 Å². The highest BCUT2D eigenvalue weighted by molar-refractivity contribution is 7.89. The van der Waals surface area contributed by atoms with Crippen molar-refractivity contribution in [2.75, 3.05) is 13.1 Å². The zero-order chi connectivity index (χ0) is 18.9. The zero-order valence-electron chi connectivity index (χ0n) is 14.7. The SMILES string of the molecule is O=C(NC1CC1)c1cccc(C2=CCN(S(=O)(=O)c3ccccn3)CC2)n1. The molecule has 4 rings (SSSR count). The number of carbonyl (C=O) groups is 1. The van der Waals surface area contributed by atoms with Gasteiger partial charge in [0.25, 0.3) is 15.9 Å². The average Bonchev–Trinajstić information content (AvgIpc) is 3.53. The lowest BCUT2D eigenvalue weighted by atomic mass is 10.1. The Hall–Kier alpha value is -2.58. The zero-order valence-corrected chi connectivity index (χ0v) is 15.5. The van der Waals surface area contributed by atoms with Crippen LogP contribution in [0.25, 0.3) is 5.57 Å². The molecule has 8 heteroatoms. The second-order valence-electron chi connectivity index (χ2n) is 6.67. The molecular weight excluding hydrogens is 364 g/mol. The number of hydrogen-bond acceptors (Lipinski definition) is 5. The Morgan fingerprint density at radius 2 is 2.00 bits per heavy atom. The summed E-state index contributed by atoms with van der Waals surface area (Å²) in [4.78, 5) is 20.6. The summed E-state index contributed by atoms with van der Waals surface area (Å²) in [6.07, 6.45) is 5.91. The van der Waals surface area contributed by atoms with E-state index in [1.807, 2.05) is 18.2 Å². The van der Waals surface area contributed by atoms with E-state index in [4.69, 9.17) is 0 Å². The maximum atomic E-state index is 12.6. The van der Waals surface area contributed by atoms with E-state index in [0.29, 0.717) is 24.4 Å². The summed E-state index contributed by atoms with van der Waals surface area (Å²) in [5, 5.41) is 2.98. The third-order valence-electron chi connectivity index (χ3n) is 4.64. The molecule has 1 aliphatic carbocycles. The Morgan fingerprint density at radius 1 is 1.15 bits per heavy atom. The molecule has 2 aromatic rings. The smallest absolute Gasteiger partial charge is 0.270 e. The summed E-state index contributed by atoms with van der Waals surface area (Å²) < 4.78 is 26.7. The van der Waals surface area contributed by atoms with Crippen LogP contribution in [-0.2, 0) is 10.0 Å². The average molecular weight is 384 g/mol. The number of nitrogens with one attached hydrogen (secondary N) is 1. The molecule has 7 nitrogen and oxygen atoms in total. The van der Waals surface area contributed by atoms with Gasteiger partial charge in [0.1, 0.15) is 5.69 Å². The number of hydrogen-bond donors (Lipinski definition) is 1. The molecule has 0 aromatic carbocycles. The van der Waals surface area contributed by atoms with Gasteiger partial charge in [-0.3, -0.25) is 4.79 Å². The predicted molar refractivity (Wildman–Crippen MR) is 100 cm³/mol. The van der Waals surface area contributed by atoms with Crippen molar-refractivity contribution in [1.29, 1.82) is 0 Å². The van der Waals surface area contributed by atoms with Crippen LogP contribution in [0.1, 0.15) is 35.4 Å². The molecule has 1 aliphatic heterocycles. The fourth-order valence-electron chi connectivity index (χ4n) is 2.96. The number of pyridine rings is 2. The first-order chi connectivity index (χ1) is 13.0. The standard InChI is InChI=1S/C19H20N4O3S/c24-19(21-15-7-8-15)17-5-3-4-16(22-17)14-9-12-23(13-10-14)27(25,26)18-6-1-2-11-20-18/h1-6,9,11,15H,7-8,10,12-13H2,(H,21,24). The maximum Gasteiger partial charge on any atom is 0.270 e. The maximum absolute atomic E-state index is 12.6. The van der Waals surface area contributed by atoms with Crippen LogP contribution in [-0.4, -0.2) is 47.7 Å². The summed E-state index contributed by atoms with van der Waals surface area (Å²) >= 11 is 0. The van der Waals surface area contributed by atoms with Gasteiger partial charge in [0, 0.05) is 25.3 Å². The Morgan fingerprint density at radius 3 is 2.67 bits per heavy atom. The molecule has 0 spiro atoms. The van der Waals surface area contributed by atoms with E-state index in [2.05, 4.69) is 15.3 Å². The summed E-state index contributed by atoms with van der Waals surface area (Å²) in [5.74, 6) is -0.157. The van der Waals surface area contributed by atoms with Gasteiger partial charge < -0.3 is 5.32 Å². The molecule has 0 atom stereocenters. The third-order valence-corrected chi connectivity index (χ3v) is 6.42. The number of amides is 1. The van der Waals surface area contributed by atoms with Crippen LogP contribution >= 0.6 is 0 Å². The van der Waals surface area contributed by atoms with Crippen LogP contribution in [0.3, 0.4) is 0 Å². The van der Waals surface area contributed by atoms with Crippen LogP contribution in [0.5, 0.6) is 0 Å². The van der Waals surface area contributed by atoms with Crippen LogP contribution in [0.4, 0.5) is 0 Å². The number of rotatable bonds is 5. The fourth-order valence-corrected chi connectivity index (χ4v) is 4.27. The number of sulfonamides is 1. The van der Waals surface area contributed by atoms with Gasteiger partial charge in [-0.25, -0.2) is 18.4 Å². The molecule has 27 heavy (non-hydrogen) atoms. The van der Waals surface area contributed by atoms with E-state index < -0.39 is 10.0 Å². The topological polar surface area (TPSA) is 92.3 Å². The molecule has 2 aliphatic rings. The molecule has 2 aromatic heterocycles. The van der Waals surface area contributed by atoms with Gasteiger partial charge in [-0.2, -0.15) is 4.31 Å². The summed E-state index contributed by atoms with van der Waals surface area (Å²) in [6, 6.07) is 10.5. The minimum absolute atomic E-state index is 0.0544. The monoisotopic (exact) mass is 384 g/mol. The van der Waals surface area contributed by atoms with Gasteiger partial charge in [-0.1, -0.05) is 18.2 Å². The molecule has 0 bridgehead atoms. The Bertz CT molecular complexity index is 985. The van der Waals surface area contributed by atoms with Crippen molar-refractivity contribution in [2.24, 2.45) is 0 Å². The quantitative estimate of drug-likeness (QED) is 0.849. The van der Waals surface area contributed by atoms with Gasteiger partial charge in [-0.05, 0) is 49.1 Å². The van der Waals surface area contributed by atoms with Crippen molar-refractivity contribution in [3.8, 4) is 0 Å². The highest BCUT2D eigenvalue weighted by atomic mass is 32.2. The van der Waals surface area contributed by atoms with Crippen molar-refractivity contribution in [1.82, 2.24) is 19.6 Å². The molecule has 0 saturated heterocycles. The van der Waals surface area contributed by atoms with Crippen LogP contribution in [0.15, 0.2) is 53.7 Å². The fraction of sp³-hybridized carbons (Fsp3) is 0.316. The largest absolute Gasteiger partial charge is 0.348 e. The summed E-state index contributed by atoms with van der Waals surface area (Å²) in [5.41, 5.74) is 2.06. The lowest BCUT2D eigenvalue weighted by Crippen LogP contribution is -2.35.